The Hall–Kier alpha value is 1.11. The number of hydrogen-bond donors (Lipinski definition) is 0. The van der Waals surface area contributed by atoms with Crippen LogP contribution in [0.15, 0.2) is 0 Å². The molecule has 0 spiro atoms. The molecule has 0 aromatic heterocycles. The van der Waals surface area contributed by atoms with Crippen molar-refractivity contribution in [1.29, 1.82) is 0 Å². The molecule has 0 saturated heterocycles. The molecule has 0 aromatic rings. The molecule has 0 aliphatic rings. The molecule has 26 valence electrons. The van der Waals surface area contributed by atoms with Gasteiger partial charge in [0.25, 0.3) is 0 Å². The second kappa shape index (κ2) is 8.92. The zero-order valence-electron chi connectivity index (χ0n) is 4.87. The van der Waals surface area contributed by atoms with Gasteiger partial charge in [-0.05, 0) is 0 Å². The molecular formula is C3H5CaCl. The van der Waals surface area contributed by atoms with Crippen LogP contribution < -0.4 is 0 Å². The summed E-state index contributed by atoms with van der Waals surface area (Å²) in [5.41, 5.74) is 0. The van der Waals surface area contributed by atoms with Gasteiger partial charge in [-0.15, -0.1) is 18.0 Å². The first kappa shape index (κ1) is 9.44. The van der Waals surface area contributed by atoms with Crippen LogP contribution in [0.4, 0.5) is 0 Å². The number of alkyl halides is 1. The molecule has 0 aromatic carbocycles. The Morgan fingerprint density at radius 3 is 2.20 bits per heavy atom. The minimum atomic E-state index is 0. The fourth-order valence-corrected chi connectivity index (χ4v) is 0. The van der Waals surface area contributed by atoms with E-state index >= 15 is 0 Å². The fourth-order valence-electron chi connectivity index (χ4n) is 0. The molecule has 5 heavy (non-hydrogen) atoms. The molecular weight excluding hydrogens is 112 g/mol. The molecule has 0 radical (unpaired) electrons. The van der Waals surface area contributed by atoms with Crippen molar-refractivity contribution < 1.29 is 2.85 Å². The second-order valence-corrected chi connectivity index (χ2v) is 0.605. The van der Waals surface area contributed by atoms with Crippen molar-refractivity contribution >= 4 is 49.3 Å². The zero-order valence-corrected chi connectivity index (χ0v) is 5.83. The predicted octanol–water partition coefficient (Wildman–Crippen LogP) is 0.703. The third-order valence-corrected chi connectivity index (χ3v) is 0.231. The van der Waals surface area contributed by atoms with Crippen LogP contribution in [0.3, 0.4) is 0 Å². The van der Waals surface area contributed by atoms with Crippen molar-refractivity contribution in [1.82, 2.24) is 0 Å². The molecule has 0 N–H and O–H groups in total. The SMILES string of the molecule is C#CCCl.[Ca+2].[H-].[H-]. The predicted molar refractivity (Wildman–Crippen MR) is 27.5 cm³/mol. The van der Waals surface area contributed by atoms with Crippen LogP contribution in [0.1, 0.15) is 2.85 Å². The summed E-state index contributed by atoms with van der Waals surface area (Å²) in [5, 5.41) is 0. The van der Waals surface area contributed by atoms with Crippen molar-refractivity contribution in [2.24, 2.45) is 0 Å². The largest absolute Gasteiger partial charge is 2.00 e. The normalized spacial score (nSPS) is 4.00. The van der Waals surface area contributed by atoms with Crippen molar-refractivity contribution in [3.63, 3.8) is 0 Å². The summed E-state index contributed by atoms with van der Waals surface area (Å²) < 4.78 is 0. The fraction of sp³-hybridized carbons (Fsp3) is 0.333. The van der Waals surface area contributed by atoms with Gasteiger partial charge in [0.05, 0.1) is 5.88 Å². The summed E-state index contributed by atoms with van der Waals surface area (Å²) in [4.78, 5) is 0. The van der Waals surface area contributed by atoms with Gasteiger partial charge in [0.2, 0.25) is 0 Å². The van der Waals surface area contributed by atoms with Crippen molar-refractivity contribution in [3.8, 4) is 12.3 Å². The van der Waals surface area contributed by atoms with Gasteiger partial charge in [-0.1, -0.05) is 5.92 Å². The van der Waals surface area contributed by atoms with E-state index in [1.165, 1.54) is 0 Å². The van der Waals surface area contributed by atoms with Crippen LogP contribution in [0, 0.1) is 12.3 Å². The number of halogens is 1. The number of hydrogen-bond acceptors (Lipinski definition) is 0. The molecule has 0 unspecified atom stereocenters. The van der Waals surface area contributed by atoms with Crippen molar-refractivity contribution in [2.75, 3.05) is 5.88 Å². The van der Waals surface area contributed by atoms with Gasteiger partial charge in [0.15, 0.2) is 0 Å². The number of terminal acetylenes is 1. The van der Waals surface area contributed by atoms with Crippen LogP contribution in [0.5, 0.6) is 0 Å². The average Bonchev–Trinajstić information content (AvgIpc) is 1.37. The molecule has 0 aliphatic carbocycles. The Morgan fingerprint density at radius 1 is 2.00 bits per heavy atom. The summed E-state index contributed by atoms with van der Waals surface area (Å²) in [6.45, 7) is 0. The smallest absolute Gasteiger partial charge is 1.00 e. The zero-order chi connectivity index (χ0) is 3.41. The van der Waals surface area contributed by atoms with E-state index in [9.17, 15) is 0 Å². The van der Waals surface area contributed by atoms with Gasteiger partial charge in [-0.3, -0.25) is 0 Å². The third-order valence-electron chi connectivity index (χ3n) is 0.0772. The van der Waals surface area contributed by atoms with E-state index in [1.807, 2.05) is 0 Å². The molecule has 2 heteroatoms. The summed E-state index contributed by atoms with van der Waals surface area (Å²) in [7, 11) is 0. The van der Waals surface area contributed by atoms with Gasteiger partial charge in [0.1, 0.15) is 0 Å². The standard InChI is InChI=1S/C3H3Cl.Ca.2H/c1-2-3-4;;;/h1H,3H2;;;/q;+2;2*-1. The van der Waals surface area contributed by atoms with E-state index in [2.05, 4.69) is 12.3 Å². The molecule has 0 bridgehead atoms. The summed E-state index contributed by atoms with van der Waals surface area (Å²) in [6, 6.07) is 0. The van der Waals surface area contributed by atoms with Gasteiger partial charge in [-0.2, -0.15) is 0 Å². The topological polar surface area (TPSA) is 0 Å². The molecule has 0 rings (SSSR count). The average molecular weight is 117 g/mol. The van der Waals surface area contributed by atoms with Gasteiger partial charge in [0, 0.05) is 0 Å². The maximum atomic E-state index is 4.95. The van der Waals surface area contributed by atoms with Crippen LogP contribution in [-0.2, 0) is 0 Å². The van der Waals surface area contributed by atoms with Gasteiger partial charge >= 0.3 is 37.7 Å². The first-order chi connectivity index (χ1) is 1.91. The Balaban J connectivity index is -0.0000000150. The Bertz CT molecular complexity index is 42.7. The molecule has 0 nitrogen and oxygen atoms in total. The molecule has 0 amide bonds. The quantitative estimate of drug-likeness (QED) is 0.248. The van der Waals surface area contributed by atoms with Crippen molar-refractivity contribution in [3.05, 3.63) is 0 Å². The van der Waals surface area contributed by atoms with E-state index in [-0.39, 0.29) is 40.6 Å². The van der Waals surface area contributed by atoms with E-state index in [0.29, 0.717) is 5.88 Å². The summed E-state index contributed by atoms with van der Waals surface area (Å²) in [6.07, 6.45) is 4.65. The summed E-state index contributed by atoms with van der Waals surface area (Å²) in [5.74, 6) is 2.52. The monoisotopic (exact) mass is 116 g/mol. The minimum absolute atomic E-state index is 0. The second-order valence-electron chi connectivity index (χ2n) is 0.338. The number of rotatable bonds is 0. The summed E-state index contributed by atoms with van der Waals surface area (Å²) >= 11 is 4.95. The molecule has 0 atom stereocenters. The first-order valence-corrected chi connectivity index (χ1v) is 1.44. The van der Waals surface area contributed by atoms with Crippen LogP contribution in [-0.4, -0.2) is 43.6 Å². The Morgan fingerprint density at radius 2 is 2.20 bits per heavy atom. The Labute approximate surface area is 69.9 Å². The van der Waals surface area contributed by atoms with Crippen LogP contribution in [0.2, 0.25) is 0 Å². The minimum Gasteiger partial charge on any atom is -1.00 e. The Kier molecular flexibility index (Phi) is 16.9. The first-order valence-electron chi connectivity index (χ1n) is 0.909. The van der Waals surface area contributed by atoms with Gasteiger partial charge in [-0.25, -0.2) is 0 Å². The van der Waals surface area contributed by atoms with Crippen LogP contribution >= 0.6 is 11.6 Å². The van der Waals surface area contributed by atoms with Crippen molar-refractivity contribution in [2.45, 2.75) is 0 Å². The maximum absolute atomic E-state index is 4.95. The van der Waals surface area contributed by atoms with E-state index in [4.69, 9.17) is 11.6 Å². The van der Waals surface area contributed by atoms with Gasteiger partial charge < -0.3 is 2.85 Å². The molecule has 0 saturated carbocycles. The van der Waals surface area contributed by atoms with Crippen LogP contribution in [0.25, 0.3) is 0 Å². The third kappa shape index (κ3) is 11.1. The molecule has 0 heterocycles. The maximum Gasteiger partial charge on any atom is 2.00 e. The molecule has 0 fully saturated rings. The van der Waals surface area contributed by atoms with E-state index in [0.717, 1.165) is 0 Å². The molecule has 0 aliphatic heterocycles. The van der Waals surface area contributed by atoms with E-state index in [1.54, 1.807) is 0 Å². The van der Waals surface area contributed by atoms with E-state index < -0.39 is 0 Å².